The van der Waals surface area contributed by atoms with E-state index in [1.807, 2.05) is 6.07 Å². The van der Waals surface area contributed by atoms with E-state index in [0.29, 0.717) is 11.3 Å². The van der Waals surface area contributed by atoms with Crippen LogP contribution >= 0.6 is 0 Å². The lowest BCUT2D eigenvalue weighted by atomic mass is 10.1. The van der Waals surface area contributed by atoms with Crippen LogP contribution in [0.3, 0.4) is 0 Å². The van der Waals surface area contributed by atoms with Gasteiger partial charge in [-0.3, -0.25) is 4.79 Å². The Morgan fingerprint density at radius 1 is 1.09 bits per heavy atom. The fourth-order valence-corrected chi connectivity index (χ4v) is 2.31. The number of phenolic OH excluding ortho intramolecular Hbond substituents is 2. The van der Waals surface area contributed by atoms with Gasteiger partial charge < -0.3 is 24.5 Å². The number of hydrogen-bond donors (Lipinski definition) is 3. The van der Waals surface area contributed by atoms with Crippen molar-refractivity contribution in [2.75, 3.05) is 13.2 Å². The number of rotatable bonds is 4. The van der Waals surface area contributed by atoms with Gasteiger partial charge in [0.1, 0.15) is 23.3 Å². The van der Waals surface area contributed by atoms with E-state index in [9.17, 15) is 15.0 Å². The Kier molecular flexibility index (Phi) is 3.91. The van der Waals surface area contributed by atoms with Gasteiger partial charge in [-0.15, -0.1) is 0 Å². The normalized spacial score (nSPS) is 10.8. The molecule has 0 aliphatic carbocycles. The molecule has 0 spiro atoms. The summed E-state index contributed by atoms with van der Waals surface area (Å²) < 4.78 is 10.7. The number of fused-ring (bicyclic) bond motifs is 1. The van der Waals surface area contributed by atoms with Gasteiger partial charge in [0, 0.05) is 17.7 Å². The van der Waals surface area contributed by atoms with Crippen LogP contribution in [0.2, 0.25) is 0 Å². The molecular weight excluding hydrogens is 300 g/mol. The van der Waals surface area contributed by atoms with Crippen molar-refractivity contribution in [3.8, 4) is 28.6 Å². The summed E-state index contributed by atoms with van der Waals surface area (Å²) in [6.45, 7) is -0.418. The zero-order valence-corrected chi connectivity index (χ0v) is 12.0. The predicted octanol–water partition coefficient (Wildman–Crippen LogP) is 2.24. The molecular formula is C17H14O6. The number of ether oxygens (including phenoxy) is 1. The highest BCUT2D eigenvalue weighted by atomic mass is 16.5. The van der Waals surface area contributed by atoms with Gasteiger partial charge in [-0.1, -0.05) is 30.3 Å². The number of benzene rings is 2. The van der Waals surface area contributed by atoms with Crippen LogP contribution < -0.4 is 10.2 Å². The molecule has 1 heterocycles. The lowest BCUT2D eigenvalue weighted by Crippen LogP contribution is -2.05. The summed E-state index contributed by atoms with van der Waals surface area (Å²) in [5.74, 6) is -0.823. The maximum absolute atomic E-state index is 12.3. The molecule has 0 bridgehead atoms. The van der Waals surface area contributed by atoms with Gasteiger partial charge in [0.05, 0.1) is 6.61 Å². The largest absolute Gasteiger partial charge is 0.504 e. The van der Waals surface area contributed by atoms with E-state index in [0.717, 1.165) is 0 Å². The van der Waals surface area contributed by atoms with E-state index in [-0.39, 0.29) is 35.7 Å². The van der Waals surface area contributed by atoms with Gasteiger partial charge >= 0.3 is 0 Å². The third kappa shape index (κ3) is 2.72. The first-order chi connectivity index (χ1) is 11.1. The number of aliphatic hydroxyl groups is 1. The Hall–Kier alpha value is -2.99. The summed E-state index contributed by atoms with van der Waals surface area (Å²) in [6, 6.07) is 11.5. The number of hydrogen-bond acceptors (Lipinski definition) is 6. The van der Waals surface area contributed by atoms with Crippen molar-refractivity contribution < 1.29 is 24.5 Å². The molecule has 0 aliphatic rings. The summed E-state index contributed by atoms with van der Waals surface area (Å²) in [5.41, 5.74) is 0.283. The molecule has 0 radical (unpaired) electrons. The van der Waals surface area contributed by atoms with E-state index in [1.165, 1.54) is 12.1 Å². The molecule has 1 aromatic heterocycles. The number of phenols is 2. The summed E-state index contributed by atoms with van der Waals surface area (Å²) in [7, 11) is 0. The molecule has 0 aliphatic heterocycles. The third-order valence-electron chi connectivity index (χ3n) is 3.32. The molecule has 3 N–H and O–H groups in total. The second-order valence-electron chi connectivity index (χ2n) is 4.86. The van der Waals surface area contributed by atoms with Crippen LogP contribution in [0.15, 0.2) is 51.7 Å². The molecule has 6 heteroatoms. The Morgan fingerprint density at radius 2 is 1.83 bits per heavy atom. The van der Waals surface area contributed by atoms with Crippen LogP contribution in [-0.2, 0) is 0 Å². The van der Waals surface area contributed by atoms with Crippen LogP contribution in [0.5, 0.6) is 17.2 Å². The van der Waals surface area contributed by atoms with Crippen molar-refractivity contribution in [1.29, 1.82) is 0 Å². The predicted molar refractivity (Wildman–Crippen MR) is 83.8 cm³/mol. The zero-order chi connectivity index (χ0) is 16.4. The van der Waals surface area contributed by atoms with Crippen molar-refractivity contribution in [3.63, 3.8) is 0 Å². The van der Waals surface area contributed by atoms with E-state index < -0.39 is 11.2 Å². The van der Waals surface area contributed by atoms with Gasteiger partial charge in [-0.2, -0.15) is 0 Å². The fraction of sp³-hybridized carbons (Fsp3) is 0.118. The molecule has 6 nitrogen and oxygen atoms in total. The Balaban J connectivity index is 2.21. The lowest BCUT2D eigenvalue weighted by molar-refractivity contribution is 0.193. The number of aliphatic hydroxyl groups excluding tert-OH is 1. The van der Waals surface area contributed by atoms with Gasteiger partial charge in [0.2, 0.25) is 5.75 Å². The van der Waals surface area contributed by atoms with Crippen LogP contribution in [0.4, 0.5) is 0 Å². The van der Waals surface area contributed by atoms with Crippen LogP contribution in [-0.4, -0.2) is 28.5 Å². The molecule has 0 saturated heterocycles. The molecule has 2 aromatic carbocycles. The van der Waals surface area contributed by atoms with Crippen molar-refractivity contribution in [1.82, 2.24) is 0 Å². The first-order valence-electron chi connectivity index (χ1n) is 6.93. The highest BCUT2D eigenvalue weighted by Gasteiger charge is 2.19. The molecule has 23 heavy (non-hydrogen) atoms. The molecule has 3 aromatic rings. The quantitative estimate of drug-likeness (QED) is 0.683. The molecule has 118 valence electrons. The van der Waals surface area contributed by atoms with Crippen molar-refractivity contribution in [2.45, 2.75) is 0 Å². The summed E-state index contributed by atoms with van der Waals surface area (Å²) in [6.07, 6.45) is 0. The Morgan fingerprint density at radius 3 is 2.52 bits per heavy atom. The van der Waals surface area contributed by atoms with E-state index in [1.54, 1.807) is 24.3 Å². The Labute approximate surface area is 130 Å². The molecule has 3 rings (SSSR count). The van der Waals surface area contributed by atoms with E-state index in [4.69, 9.17) is 14.3 Å². The Bertz CT molecular complexity index is 898. The minimum absolute atomic E-state index is 0.0442. The second kappa shape index (κ2) is 6.02. The van der Waals surface area contributed by atoms with Gasteiger partial charge in [0.25, 0.3) is 0 Å². The fourth-order valence-electron chi connectivity index (χ4n) is 2.31. The van der Waals surface area contributed by atoms with E-state index in [2.05, 4.69) is 0 Å². The highest BCUT2D eigenvalue weighted by Crippen LogP contribution is 2.41. The first kappa shape index (κ1) is 14.9. The third-order valence-corrected chi connectivity index (χ3v) is 3.32. The minimum atomic E-state index is -0.512. The van der Waals surface area contributed by atoms with Gasteiger partial charge in [0.15, 0.2) is 16.9 Å². The monoisotopic (exact) mass is 314 g/mol. The smallest absolute Gasteiger partial charge is 0.204 e. The zero-order valence-electron chi connectivity index (χ0n) is 12.0. The standard InChI is InChI=1S/C17H14O6/c18-6-7-22-17-12(20)9-14-15(16(17)21)11(19)8-13(23-14)10-4-2-1-3-5-10/h1-5,8-9,18,20-21H,6-7H2. The van der Waals surface area contributed by atoms with Crippen LogP contribution in [0.25, 0.3) is 22.3 Å². The summed E-state index contributed by atoms with van der Waals surface area (Å²) in [4.78, 5) is 12.3. The average molecular weight is 314 g/mol. The summed E-state index contributed by atoms with van der Waals surface area (Å²) in [5, 5.41) is 28.8. The minimum Gasteiger partial charge on any atom is -0.504 e. The molecule has 0 fully saturated rings. The van der Waals surface area contributed by atoms with Crippen LogP contribution in [0.1, 0.15) is 0 Å². The highest BCUT2D eigenvalue weighted by molar-refractivity contribution is 5.89. The molecule has 0 atom stereocenters. The molecule has 0 unspecified atom stereocenters. The van der Waals surface area contributed by atoms with Crippen molar-refractivity contribution in [2.24, 2.45) is 0 Å². The van der Waals surface area contributed by atoms with Crippen molar-refractivity contribution >= 4 is 11.0 Å². The molecule has 0 amide bonds. The SMILES string of the molecule is O=c1cc(-c2ccccc2)oc2cc(O)c(OCCO)c(O)c12. The molecule has 0 saturated carbocycles. The number of aromatic hydroxyl groups is 2. The second-order valence-corrected chi connectivity index (χ2v) is 4.86. The maximum atomic E-state index is 12.3. The van der Waals surface area contributed by atoms with Crippen molar-refractivity contribution in [3.05, 3.63) is 52.7 Å². The van der Waals surface area contributed by atoms with E-state index >= 15 is 0 Å². The maximum Gasteiger partial charge on any atom is 0.204 e. The average Bonchev–Trinajstić information content (AvgIpc) is 2.54. The van der Waals surface area contributed by atoms with Gasteiger partial charge in [-0.05, 0) is 0 Å². The van der Waals surface area contributed by atoms with Gasteiger partial charge in [-0.25, -0.2) is 0 Å². The summed E-state index contributed by atoms with van der Waals surface area (Å²) >= 11 is 0. The van der Waals surface area contributed by atoms with Crippen LogP contribution in [0, 0.1) is 0 Å². The topological polar surface area (TPSA) is 100 Å². The first-order valence-corrected chi connectivity index (χ1v) is 6.93. The lowest BCUT2D eigenvalue weighted by Gasteiger charge is -2.11.